The molecule has 0 spiro atoms. The molecule has 1 fully saturated rings. The molecule has 1 aliphatic heterocycles. The second kappa shape index (κ2) is 10.5. The summed E-state index contributed by atoms with van der Waals surface area (Å²) in [5, 5.41) is 19.6. The fourth-order valence-corrected chi connectivity index (χ4v) is 4.16. The van der Waals surface area contributed by atoms with Crippen molar-refractivity contribution >= 4 is 18.1 Å². The number of likely N-dealkylation sites (N-methyl/N-ethyl adjacent to an activating group) is 3. The molecule has 29 heavy (non-hydrogen) atoms. The first-order valence-corrected chi connectivity index (χ1v) is 10.3. The number of carbonyl (C=O) groups is 3. The molecule has 168 valence electrons. The molecule has 0 radical (unpaired) electrons. The Bertz CT molecular complexity index is 587. The molecule has 4 N–H and O–H groups in total. The first-order valence-electron chi connectivity index (χ1n) is 10.3. The molecule has 0 bridgehead atoms. The quantitative estimate of drug-likeness (QED) is 0.267. The smallest absolute Gasteiger partial charge is 0.241 e. The van der Waals surface area contributed by atoms with Crippen molar-refractivity contribution in [3.63, 3.8) is 0 Å². The maximum atomic E-state index is 12.7. The summed E-state index contributed by atoms with van der Waals surface area (Å²) in [5.74, 6) is -0.0667. The van der Waals surface area contributed by atoms with Gasteiger partial charge in [-0.2, -0.15) is 0 Å². The Balaban J connectivity index is 3.00. The lowest BCUT2D eigenvalue weighted by molar-refractivity contribution is -0.144. The predicted octanol–water partition coefficient (Wildman–Crippen LogP) is -0.501. The Labute approximate surface area is 174 Å². The number of aldehydes is 1. The van der Waals surface area contributed by atoms with Crippen LogP contribution in [0.25, 0.3) is 0 Å². The van der Waals surface area contributed by atoms with Crippen molar-refractivity contribution in [2.75, 3.05) is 21.1 Å². The standard InChI is InChI=1S/C20H39N5O4/c1-12(2)9-16(17(27)22-7)24(8)18(28)14(4)23-20(5,11-26)25-13(3)10-15(21-6)19(25)29/h11-16,18,21,23,28H,9-10H2,1-8H3,(H,22,27)/t13?,14-,15-,16-,18?,20-/m0/s1. The van der Waals surface area contributed by atoms with Gasteiger partial charge in [-0.15, -0.1) is 0 Å². The second-order valence-corrected chi connectivity index (χ2v) is 8.67. The average molecular weight is 414 g/mol. The number of carbonyl (C=O) groups excluding carboxylic acids is 3. The number of hydrogen-bond acceptors (Lipinski definition) is 7. The zero-order chi connectivity index (χ0) is 22.5. The van der Waals surface area contributed by atoms with E-state index in [2.05, 4.69) is 16.0 Å². The van der Waals surface area contributed by atoms with Crippen LogP contribution in [0, 0.1) is 5.92 Å². The van der Waals surface area contributed by atoms with Crippen LogP contribution in [0.4, 0.5) is 0 Å². The van der Waals surface area contributed by atoms with Gasteiger partial charge in [-0.05, 0) is 53.6 Å². The van der Waals surface area contributed by atoms with Crippen LogP contribution in [0.2, 0.25) is 0 Å². The molecular formula is C20H39N5O4. The normalized spacial score (nSPS) is 25.1. The molecule has 6 atom stereocenters. The van der Waals surface area contributed by atoms with E-state index in [4.69, 9.17) is 0 Å². The summed E-state index contributed by atoms with van der Waals surface area (Å²) in [7, 11) is 4.98. The highest BCUT2D eigenvalue weighted by Gasteiger charge is 2.47. The van der Waals surface area contributed by atoms with Crippen LogP contribution in [0.3, 0.4) is 0 Å². The monoisotopic (exact) mass is 413 g/mol. The van der Waals surface area contributed by atoms with E-state index in [1.807, 2.05) is 20.8 Å². The van der Waals surface area contributed by atoms with Gasteiger partial charge < -0.3 is 20.6 Å². The van der Waals surface area contributed by atoms with Gasteiger partial charge in [0.05, 0.1) is 12.1 Å². The van der Waals surface area contributed by atoms with Crippen molar-refractivity contribution in [2.24, 2.45) is 5.92 Å². The highest BCUT2D eigenvalue weighted by atomic mass is 16.3. The molecular weight excluding hydrogens is 374 g/mol. The number of rotatable bonds is 11. The Morgan fingerprint density at radius 3 is 2.38 bits per heavy atom. The lowest BCUT2D eigenvalue weighted by Gasteiger charge is -2.42. The zero-order valence-corrected chi connectivity index (χ0v) is 19.0. The van der Waals surface area contributed by atoms with E-state index >= 15 is 0 Å². The molecule has 0 aromatic carbocycles. The molecule has 0 saturated carbocycles. The van der Waals surface area contributed by atoms with Gasteiger partial charge in [0.25, 0.3) is 0 Å². The molecule has 0 aromatic heterocycles. The second-order valence-electron chi connectivity index (χ2n) is 8.67. The van der Waals surface area contributed by atoms with E-state index in [0.717, 1.165) is 0 Å². The molecule has 2 amide bonds. The summed E-state index contributed by atoms with van der Waals surface area (Å²) in [5.41, 5.74) is -1.27. The SMILES string of the molecule is CNC(=O)[C@H](CC(C)C)N(C)C(O)[C@H](C)N[C@](C)(C=O)N1C(=O)[C@@H](NC)CC1C. The molecule has 1 heterocycles. The van der Waals surface area contributed by atoms with Crippen LogP contribution < -0.4 is 16.0 Å². The van der Waals surface area contributed by atoms with E-state index in [1.165, 1.54) is 4.90 Å². The summed E-state index contributed by atoms with van der Waals surface area (Å²) in [6.45, 7) is 9.30. The van der Waals surface area contributed by atoms with Crippen molar-refractivity contribution in [3.8, 4) is 0 Å². The van der Waals surface area contributed by atoms with E-state index in [0.29, 0.717) is 19.1 Å². The number of nitrogens with zero attached hydrogens (tertiary/aromatic N) is 2. The number of amides is 2. The van der Waals surface area contributed by atoms with Crippen LogP contribution in [0.15, 0.2) is 0 Å². The number of aliphatic hydroxyl groups is 1. The third kappa shape index (κ3) is 5.75. The molecule has 9 nitrogen and oxygen atoms in total. The van der Waals surface area contributed by atoms with Crippen molar-refractivity contribution in [1.82, 2.24) is 25.8 Å². The summed E-state index contributed by atoms with van der Waals surface area (Å²) in [6, 6.07) is -1.56. The Morgan fingerprint density at radius 2 is 1.97 bits per heavy atom. The molecule has 2 unspecified atom stereocenters. The summed E-state index contributed by atoms with van der Waals surface area (Å²) in [4.78, 5) is 40.2. The van der Waals surface area contributed by atoms with Gasteiger partial charge in [0, 0.05) is 19.1 Å². The van der Waals surface area contributed by atoms with Crippen molar-refractivity contribution in [3.05, 3.63) is 0 Å². The maximum Gasteiger partial charge on any atom is 0.241 e. The molecule has 0 aliphatic carbocycles. The summed E-state index contributed by atoms with van der Waals surface area (Å²) < 4.78 is 0. The Kier molecular flexibility index (Phi) is 9.20. The third-order valence-corrected chi connectivity index (χ3v) is 5.75. The lowest BCUT2D eigenvalue weighted by atomic mass is 10.0. The van der Waals surface area contributed by atoms with E-state index in [9.17, 15) is 19.5 Å². The number of likely N-dealkylation sites (tertiary alicyclic amines) is 1. The van der Waals surface area contributed by atoms with Crippen molar-refractivity contribution < 1.29 is 19.5 Å². The number of hydrogen-bond donors (Lipinski definition) is 4. The van der Waals surface area contributed by atoms with Gasteiger partial charge >= 0.3 is 0 Å². The number of nitrogens with one attached hydrogen (secondary N) is 3. The zero-order valence-electron chi connectivity index (χ0n) is 19.0. The van der Waals surface area contributed by atoms with Gasteiger partial charge in [0.15, 0.2) is 6.29 Å². The molecule has 1 aliphatic rings. The third-order valence-electron chi connectivity index (χ3n) is 5.75. The summed E-state index contributed by atoms with van der Waals surface area (Å²) >= 11 is 0. The van der Waals surface area contributed by atoms with Crippen molar-refractivity contribution in [1.29, 1.82) is 0 Å². The van der Waals surface area contributed by atoms with Crippen LogP contribution >= 0.6 is 0 Å². The maximum absolute atomic E-state index is 12.7. The predicted molar refractivity (Wildman–Crippen MR) is 112 cm³/mol. The van der Waals surface area contributed by atoms with Crippen LogP contribution in [-0.4, -0.2) is 90.2 Å². The van der Waals surface area contributed by atoms with Crippen LogP contribution in [-0.2, 0) is 14.4 Å². The fourth-order valence-electron chi connectivity index (χ4n) is 4.16. The Morgan fingerprint density at radius 1 is 1.38 bits per heavy atom. The van der Waals surface area contributed by atoms with Gasteiger partial charge in [-0.25, -0.2) is 0 Å². The summed E-state index contributed by atoms with van der Waals surface area (Å²) in [6.07, 6.45) is 0.844. The molecule has 0 aromatic rings. The fraction of sp³-hybridized carbons (Fsp3) is 0.850. The topological polar surface area (TPSA) is 114 Å². The van der Waals surface area contributed by atoms with Gasteiger partial charge in [0.1, 0.15) is 11.9 Å². The first-order chi connectivity index (χ1) is 13.4. The number of aliphatic hydroxyl groups excluding tert-OH is 1. The largest absolute Gasteiger partial charge is 0.377 e. The van der Waals surface area contributed by atoms with Gasteiger partial charge in [-0.3, -0.25) is 24.6 Å². The van der Waals surface area contributed by atoms with E-state index < -0.39 is 24.0 Å². The van der Waals surface area contributed by atoms with E-state index in [1.54, 1.807) is 39.9 Å². The average Bonchev–Trinajstić information content (AvgIpc) is 2.97. The minimum Gasteiger partial charge on any atom is -0.377 e. The van der Waals surface area contributed by atoms with Gasteiger partial charge in [-0.1, -0.05) is 13.8 Å². The molecule has 1 saturated heterocycles. The van der Waals surface area contributed by atoms with E-state index in [-0.39, 0.29) is 29.8 Å². The minimum absolute atomic E-state index is 0.135. The van der Waals surface area contributed by atoms with Gasteiger partial charge in [0.2, 0.25) is 11.8 Å². The lowest BCUT2D eigenvalue weighted by Crippen LogP contribution is -2.66. The Hall–Kier alpha value is -1.55. The van der Waals surface area contributed by atoms with Crippen LogP contribution in [0.5, 0.6) is 0 Å². The first kappa shape index (κ1) is 25.5. The van der Waals surface area contributed by atoms with Crippen molar-refractivity contribution in [2.45, 2.75) is 83.5 Å². The van der Waals surface area contributed by atoms with Crippen LogP contribution in [0.1, 0.15) is 47.5 Å². The molecule has 1 rings (SSSR count). The highest BCUT2D eigenvalue weighted by Crippen LogP contribution is 2.26. The minimum atomic E-state index is -1.27. The molecule has 9 heteroatoms. The highest BCUT2D eigenvalue weighted by molar-refractivity contribution is 5.88.